The summed E-state index contributed by atoms with van der Waals surface area (Å²) < 4.78 is 44.3. The number of ether oxygens (including phenoxy) is 7. The van der Waals surface area contributed by atoms with Crippen molar-refractivity contribution in [3.63, 3.8) is 0 Å². The SMILES string of the molecule is CC[C@H]1OC(=O)[C@]2(CO2)C(=O)[C@H](C)[C@@H](O[C@@H]2O[C@H](C)C[C@H](N(C)C)[C@H]2OC(=O)c2ccccc2)[C@@](C)(OC/C=C/c2cnc3ccccc3c2)C[C@@H](C)C(=O)[C@H](C)[C@H]2NC(=O)O[C@@]21C. The van der Waals surface area contributed by atoms with Crippen LogP contribution in [-0.2, 0) is 47.5 Å². The number of hydrogen-bond acceptors (Lipinski definition) is 14. The van der Waals surface area contributed by atoms with Crippen LogP contribution in [0.4, 0.5) is 4.79 Å². The second-order valence-electron chi connectivity index (χ2n) is 18.4. The van der Waals surface area contributed by atoms with Crippen LogP contribution in [0.15, 0.2) is 72.9 Å². The number of carbonyl (C=O) groups excluding carboxylic acids is 5. The Morgan fingerprint density at radius 3 is 2.38 bits per heavy atom. The average Bonchev–Trinajstić information content (AvgIpc) is 4.03. The molecule has 4 aliphatic rings. The van der Waals surface area contributed by atoms with E-state index < -0.39 is 89.0 Å². The van der Waals surface area contributed by atoms with Gasteiger partial charge >= 0.3 is 18.0 Å². The number of para-hydroxylation sites is 1. The first-order valence-corrected chi connectivity index (χ1v) is 22.2. The van der Waals surface area contributed by atoms with Gasteiger partial charge in [-0.2, -0.15) is 0 Å². The van der Waals surface area contributed by atoms with Crippen molar-refractivity contribution in [3.8, 4) is 0 Å². The molecule has 3 aromatic rings. The first-order chi connectivity index (χ1) is 30.4. The first kappa shape index (κ1) is 46.9. The summed E-state index contributed by atoms with van der Waals surface area (Å²) in [4.78, 5) is 77.2. The molecule has 1 N–H and O–H groups in total. The van der Waals surface area contributed by atoms with Gasteiger partial charge in [-0.3, -0.25) is 14.6 Å². The number of epoxide rings is 1. The fourth-order valence-electron chi connectivity index (χ4n) is 9.87. The quantitative estimate of drug-likeness (QED) is 0.107. The Balaban J connectivity index is 1.30. The van der Waals surface area contributed by atoms with Crippen LogP contribution < -0.4 is 5.32 Å². The van der Waals surface area contributed by atoms with Crippen molar-refractivity contribution in [2.75, 3.05) is 27.3 Å². The number of ketones is 2. The number of hydrogen-bond donors (Lipinski definition) is 1. The molecule has 15 heteroatoms. The molecule has 4 aliphatic heterocycles. The maximum atomic E-state index is 15.0. The Hall–Kier alpha value is -5.06. The topological polar surface area (TPSA) is 181 Å². The third-order valence-corrected chi connectivity index (χ3v) is 13.5. The third-order valence-electron chi connectivity index (χ3n) is 13.5. The molecule has 1 spiro atoms. The fourth-order valence-corrected chi connectivity index (χ4v) is 9.87. The Kier molecular flexibility index (Phi) is 13.8. The van der Waals surface area contributed by atoms with E-state index in [1.165, 1.54) is 0 Å². The lowest BCUT2D eigenvalue weighted by atomic mass is 9.73. The van der Waals surface area contributed by atoms with Crippen LogP contribution in [0.25, 0.3) is 17.0 Å². The minimum Gasteiger partial charge on any atom is -0.455 e. The predicted octanol–water partition coefficient (Wildman–Crippen LogP) is 6.11. The van der Waals surface area contributed by atoms with Crippen LogP contribution in [0, 0.1) is 17.8 Å². The zero-order chi connectivity index (χ0) is 46.1. The summed E-state index contributed by atoms with van der Waals surface area (Å²) in [5.74, 6) is -5.11. The molecule has 15 nitrogen and oxygen atoms in total. The highest BCUT2D eigenvalue weighted by Gasteiger charge is 2.66. The van der Waals surface area contributed by atoms with Gasteiger partial charge in [-0.15, -0.1) is 0 Å². The first-order valence-electron chi connectivity index (χ1n) is 22.2. The van der Waals surface area contributed by atoms with Gasteiger partial charge in [0.2, 0.25) is 5.60 Å². The highest BCUT2D eigenvalue weighted by Crippen LogP contribution is 2.44. The fraction of sp³-hybridized carbons (Fsp3) is 0.551. The summed E-state index contributed by atoms with van der Waals surface area (Å²) in [6, 6.07) is 17.1. The van der Waals surface area contributed by atoms with Gasteiger partial charge in [0.15, 0.2) is 23.8 Å². The van der Waals surface area contributed by atoms with E-state index in [0.29, 0.717) is 12.0 Å². The number of Topliss-reactive ketones (excluding diaryl/α,β-unsaturated/α-hetero) is 2. The molecule has 0 saturated carbocycles. The summed E-state index contributed by atoms with van der Waals surface area (Å²) in [6.45, 7) is 11.9. The number of cyclic esters (lactones) is 1. The molecule has 4 saturated heterocycles. The van der Waals surface area contributed by atoms with Gasteiger partial charge in [-0.1, -0.05) is 76.2 Å². The highest BCUT2D eigenvalue weighted by molar-refractivity contribution is 6.11. The van der Waals surface area contributed by atoms with E-state index in [-0.39, 0.29) is 44.0 Å². The molecule has 0 unspecified atom stereocenters. The lowest BCUT2D eigenvalue weighted by Crippen LogP contribution is -2.61. The number of rotatable bonds is 10. The second kappa shape index (κ2) is 18.8. The van der Waals surface area contributed by atoms with E-state index in [9.17, 15) is 19.2 Å². The van der Waals surface area contributed by atoms with Crippen LogP contribution in [0.3, 0.4) is 0 Å². The van der Waals surface area contributed by atoms with E-state index in [1.54, 1.807) is 78.1 Å². The molecule has 13 atom stereocenters. The molecule has 1 amide bonds. The lowest BCUT2D eigenvalue weighted by molar-refractivity contribution is -0.296. The van der Waals surface area contributed by atoms with Crippen molar-refractivity contribution in [2.24, 2.45) is 17.8 Å². The van der Waals surface area contributed by atoms with Gasteiger partial charge in [-0.25, -0.2) is 14.4 Å². The number of benzene rings is 2. The van der Waals surface area contributed by atoms with E-state index in [1.807, 2.05) is 68.4 Å². The van der Waals surface area contributed by atoms with Gasteiger partial charge in [0.1, 0.15) is 11.9 Å². The minimum atomic E-state index is -2.00. The number of alkyl carbamates (subject to hydrolysis) is 1. The number of nitrogens with zero attached hydrogens (tertiary/aromatic N) is 2. The van der Waals surface area contributed by atoms with Gasteiger partial charge in [-0.05, 0) is 84.0 Å². The van der Waals surface area contributed by atoms with Crippen molar-refractivity contribution in [1.29, 1.82) is 0 Å². The standard InChI is InChI=1S/C49H61N3O12/c1-10-37-48(7)40(51-46(57)64-48)30(4)38(53)28(2)25-47(6,58-22-16-17-32-24-34-20-14-15-21-35(34)50-26-32)42(31(5)41(54)49(27-59-49)45(56)61-37)63-44-39(36(52(8)9)23-29(3)60-44)62-43(55)33-18-12-11-13-19-33/h11-21,24,26,28-31,36-37,39-40,42,44H,10,22-23,25,27H2,1-9H3,(H,51,57)/b17-16+/t28-,29-,30+,31+,36+,37-,39-,40-,42-,44+,47+,48-,49+/m1/s1. The van der Waals surface area contributed by atoms with E-state index in [0.717, 1.165) is 16.5 Å². The average molecular weight is 884 g/mol. The van der Waals surface area contributed by atoms with Crippen molar-refractivity contribution < 1.29 is 57.1 Å². The lowest BCUT2D eigenvalue weighted by Gasteiger charge is -2.48. The number of fused-ring (bicyclic) bond motifs is 2. The normalized spacial score (nSPS) is 36.0. The highest BCUT2D eigenvalue weighted by atomic mass is 16.7. The van der Waals surface area contributed by atoms with Crippen molar-refractivity contribution >= 4 is 46.6 Å². The molecular weight excluding hydrogens is 823 g/mol. The molecule has 5 heterocycles. The Labute approximate surface area is 374 Å². The third kappa shape index (κ3) is 9.36. The van der Waals surface area contributed by atoms with Crippen LogP contribution in [0.1, 0.15) is 83.7 Å². The summed E-state index contributed by atoms with van der Waals surface area (Å²) in [5.41, 5.74) is -2.91. The molecule has 7 rings (SSSR count). The molecule has 0 aliphatic carbocycles. The zero-order valence-corrected chi connectivity index (χ0v) is 38.1. The minimum absolute atomic E-state index is 0.00168. The van der Waals surface area contributed by atoms with Crippen LogP contribution in [0.2, 0.25) is 0 Å². The number of carbonyl (C=O) groups is 5. The van der Waals surface area contributed by atoms with Crippen molar-refractivity contribution in [2.45, 2.75) is 127 Å². The smallest absolute Gasteiger partial charge is 0.408 e. The summed E-state index contributed by atoms with van der Waals surface area (Å²) in [6.07, 6.45) is 0.518. The largest absolute Gasteiger partial charge is 0.455 e. The molecule has 4 fully saturated rings. The second-order valence-corrected chi connectivity index (χ2v) is 18.4. The molecule has 1 aromatic heterocycles. The Morgan fingerprint density at radius 2 is 1.69 bits per heavy atom. The van der Waals surface area contributed by atoms with E-state index in [4.69, 9.17) is 33.2 Å². The summed E-state index contributed by atoms with van der Waals surface area (Å²) in [7, 11) is 3.75. The number of aromatic nitrogens is 1. The summed E-state index contributed by atoms with van der Waals surface area (Å²) in [5, 5.41) is 3.77. The molecule has 2 aromatic carbocycles. The summed E-state index contributed by atoms with van der Waals surface area (Å²) >= 11 is 0. The Bertz CT molecular complexity index is 2250. The van der Waals surface area contributed by atoms with Crippen LogP contribution >= 0.6 is 0 Å². The molecule has 0 radical (unpaired) electrons. The van der Waals surface area contributed by atoms with Crippen molar-refractivity contribution in [1.82, 2.24) is 15.2 Å². The molecule has 0 bridgehead atoms. The maximum Gasteiger partial charge on any atom is 0.408 e. The maximum absolute atomic E-state index is 15.0. The van der Waals surface area contributed by atoms with E-state index >= 15 is 4.79 Å². The monoisotopic (exact) mass is 883 g/mol. The van der Waals surface area contributed by atoms with E-state index in [2.05, 4.69) is 10.3 Å². The van der Waals surface area contributed by atoms with Gasteiger partial charge in [0.05, 0.1) is 54.2 Å². The van der Waals surface area contributed by atoms with Gasteiger partial charge in [0.25, 0.3) is 0 Å². The number of amides is 1. The molecule has 344 valence electrons. The number of likely N-dealkylation sites (N-methyl/N-ethyl adjacent to an activating group) is 1. The van der Waals surface area contributed by atoms with Crippen LogP contribution in [-0.4, -0.2) is 126 Å². The number of pyridine rings is 1. The number of esters is 2. The zero-order valence-electron chi connectivity index (χ0n) is 38.1. The Morgan fingerprint density at radius 1 is 0.984 bits per heavy atom. The van der Waals surface area contributed by atoms with Gasteiger partial charge in [0, 0.05) is 29.3 Å². The van der Waals surface area contributed by atoms with Crippen LogP contribution in [0.5, 0.6) is 0 Å². The molecular formula is C49H61N3O12. The van der Waals surface area contributed by atoms with Crippen molar-refractivity contribution in [3.05, 3.63) is 84.1 Å². The predicted molar refractivity (Wildman–Crippen MR) is 235 cm³/mol. The molecule has 64 heavy (non-hydrogen) atoms. The number of nitrogens with one attached hydrogen (secondary N) is 1. The van der Waals surface area contributed by atoms with Gasteiger partial charge < -0.3 is 43.4 Å².